The van der Waals surface area contributed by atoms with Crippen LogP contribution in [0.3, 0.4) is 0 Å². The molecular weight excluding hydrogens is 223 g/mol. The van der Waals surface area contributed by atoms with Gasteiger partial charge in [0.25, 0.3) is 0 Å². The minimum Gasteiger partial charge on any atom is -0.298 e. The summed E-state index contributed by atoms with van der Waals surface area (Å²) >= 11 is 7.31. The van der Waals surface area contributed by atoms with E-state index >= 15 is 0 Å². The smallest absolute Gasteiger partial charge is 0.152 e. The lowest BCUT2D eigenvalue weighted by Crippen LogP contribution is -2.03. The highest BCUT2D eigenvalue weighted by Crippen LogP contribution is 2.31. The zero-order valence-corrected chi connectivity index (χ0v) is 9.45. The molecule has 14 heavy (non-hydrogen) atoms. The summed E-state index contributed by atoms with van der Waals surface area (Å²) < 4.78 is 12.9. The van der Waals surface area contributed by atoms with Gasteiger partial charge in [0.1, 0.15) is 11.2 Å². The van der Waals surface area contributed by atoms with Gasteiger partial charge >= 0.3 is 0 Å². The van der Waals surface area contributed by atoms with Crippen LogP contribution in [0.25, 0.3) is 0 Å². The molecule has 4 heteroatoms. The summed E-state index contributed by atoms with van der Waals surface area (Å²) in [5.41, 5.74) is 0.548. The van der Waals surface area contributed by atoms with Crippen molar-refractivity contribution in [3.05, 3.63) is 29.6 Å². The van der Waals surface area contributed by atoms with Crippen LogP contribution in [-0.4, -0.2) is 12.0 Å². The second kappa shape index (κ2) is 4.80. The molecule has 0 spiro atoms. The molecule has 0 fully saturated rings. The van der Waals surface area contributed by atoms with Crippen molar-refractivity contribution in [3.63, 3.8) is 0 Å². The van der Waals surface area contributed by atoms with Gasteiger partial charge in [-0.1, -0.05) is 0 Å². The van der Waals surface area contributed by atoms with Gasteiger partial charge in [0.15, 0.2) is 5.78 Å². The molecule has 0 saturated heterocycles. The third-order valence-electron chi connectivity index (χ3n) is 1.82. The van der Waals surface area contributed by atoms with Crippen LogP contribution in [0.4, 0.5) is 4.39 Å². The van der Waals surface area contributed by atoms with Crippen molar-refractivity contribution in [1.82, 2.24) is 0 Å². The van der Waals surface area contributed by atoms with Gasteiger partial charge < -0.3 is 0 Å². The molecule has 0 saturated carbocycles. The van der Waals surface area contributed by atoms with Crippen LogP contribution in [0.15, 0.2) is 23.1 Å². The first-order valence-electron chi connectivity index (χ1n) is 4.04. The molecule has 0 N–H and O–H groups in total. The number of Topliss-reactive ketones (excluding diaryl/α,β-unsaturated/α-hetero) is 1. The Morgan fingerprint density at radius 2 is 2.21 bits per heavy atom. The molecule has 1 atom stereocenters. The van der Waals surface area contributed by atoms with Crippen LogP contribution in [0.2, 0.25) is 0 Å². The third-order valence-corrected chi connectivity index (χ3v) is 3.18. The number of rotatable bonds is 3. The summed E-state index contributed by atoms with van der Waals surface area (Å²) in [7, 11) is 0. The highest BCUT2D eigenvalue weighted by molar-refractivity contribution is 7.98. The van der Waals surface area contributed by atoms with Crippen molar-refractivity contribution < 1.29 is 9.18 Å². The van der Waals surface area contributed by atoms with E-state index in [0.717, 1.165) is 4.90 Å². The molecule has 0 heterocycles. The lowest BCUT2D eigenvalue weighted by molar-refractivity contribution is -0.116. The largest absolute Gasteiger partial charge is 0.298 e. The van der Waals surface area contributed by atoms with Crippen molar-refractivity contribution in [3.8, 4) is 0 Å². The fourth-order valence-electron chi connectivity index (χ4n) is 1.12. The standard InChI is InChI=1S/C10H10ClFOS/c1-6(13)10(11)8-5-7(12)3-4-9(8)14-2/h3-5,10H,1-2H3. The molecule has 0 amide bonds. The Morgan fingerprint density at radius 3 is 2.71 bits per heavy atom. The molecular formula is C10H10ClFOS. The second-order valence-electron chi connectivity index (χ2n) is 2.86. The summed E-state index contributed by atoms with van der Waals surface area (Å²) in [5, 5.41) is -0.756. The van der Waals surface area contributed by atoms with Crippen molar-refractivity contribution in [2.24, 2.45) is 0 Å². The van der Waals surface area contributed by atoms with Crippen LogP contribution in [-0.2, 0) is 4.79 Å². The van der Waals surface area contributed by atoms with Crippen LogP contribution >= 0.6 is 23.4 Å². The number of alkyl halides is 1. The van der Waals surface area contributed by atoms with Crippen LogP contribution in [0.1, 0.15) is 17.9 Å². The van der Waals surface area contributed by atoms with Crippen molar-refractivity contribution in [2.45, 2.75) is 17.2 Å². The number of ketones is 1. The fourth-order valence-corrected chi connectivity index (χ4v) is 1.98. The topological polar surface area (TPSA) is 17.1 Å². The van der Waals surface area contributed by atoms with E-state index in [1.807, 2.05) is 6.26 Å². The van der Waals surface area contributed by atoms with Gasteiger partial charge in [-0.3, -0.25) is 4.79 Å². The lowest BCUT2D eigenvalue weighted by atomic mass is 10.1. The van der Waals surface area contributed by atoms with E-state index < -0.39 is 5.38 Å². The summed E-state index contributed by atoms with van der Waals surface area (Å²) in [4.78, 5) is 11.9. The number of hydrogen-bond acceptors (Lipinski definition) is 2. The van der Waals surface area contributed by atoms with Crippen molar-refractivity contribution in [2.75, 3.05) is 6.26 Å². The number of benzene rings is 1. The first kappa shape index (κ1) is 11.5. The Morgan fingerprint density at radius 1 is 1.57 bits per heavy atom. The quantitative estimate of drug-likeness (QED) is 0.587. The average Bonchev–Trinajstić information content (AvgIpc) is 2.16. The van der Waals surface area contributed by atoms with Gasteiger partial charge in [-0.2, -0.15) is 0 Å². The highest BCUT2D eigenvalue weighted by Gasteiger charge is 2.17. The predicted octanol–water partition coefficient (Wildman–Crippen LogP) is 3.42. The van der Waals surface area contributed by atoms with E-state index in [0.29, 0.717) is 5.56 Å². The molecule has 1 aromatic rings. The maximum Gasteiger partial charge on any atom is 0.152 e. The summed E-state index contributed by atoms with van der Waals surface area (Å²) in [6, 6.07) is 4.30. The molecule has 0 aromatic heterocycles. The summed E-state index contributed by atoms with van der Waals surface area (Å²) in [6.45, 7) is 1.40. The molecule has 0 aliphatic rings. The number of carbonyl (C=O) groups is 1. The average molecular weight is 233 g/mol. The van der Waals surface area contributed by atoms with E-state index in [9.17, 15) is 9.18 Å². The maximum atomic E-state index is 12.9. The molecule has 0 aliphatic heterocycles. The van der Waals surface area contributed by atoms with E-state index in [-0.39, 0.29) is 11.6 Å². The zero-order chi connectivity index (χ0) is 10.7. The van der Waals surface area contributed by atoms with E-state index in [1.54, 1.807) is 6.07 Å². The highest BCUT2D eigenvalue weighted by atomic mass is 35.5. The third kappa shape index (κ3) is 2.49. The van der Waals surface area contributed by atoms with Gasteiger partial charge in [0.2, 0.25) is 0 Å². The maximum absolute atomic E-state index is 12.9. The molecule has 0 aliphatic carbocycles. The number of thioether (sulfide) groups is 1. The number of halogens is 2. The van der Waals surface area contributed by atoms with E-state index in [4.69, 9.17) is 11.6 Å². The van der Waals surface area contributed by atoms with Crippen molar-refractivity contribution >= 4 is 29.1 Å². The van der Waals surface area contributed by atoms with E-state index in [2.05, 4.69) is 0 Å². The molecule has 1 aromatic carbocycles. The summed E-state index contributed by atoms with van der Waals surface area (Å²) in [5.74, 6) is -0.544. The Labute approximate surface area is 91.6 Å². The summed E-state index contributed by atoms with van der Waals surface area (Å²) in [6.07, 6.45) is 1.86. The normalized spacial score (nSPS) is 12.6. The molecule has 1 rings (SSSR count). The molecule has 76 valence electrons. The molecule has 1 nitrogen and oxygen atoms in total. The second-order valence-corrected chi connectivity index (χ2v) is 4.14. The lowest BCUT2D eigenvalue weighted by Gasteiger charge is -2.10. The fraction of sp³-hybridized carbons (Fsp3) is 0.300. The van der Waals surface area contributed by atoms with Crippen LogP contribution in [0, 0.1) is 5.82 Å². The zero-order valence-electron chi connectivity index (χ0n) is 7.88. The monoisotopic (exact) mass is 232 g/mol. The van der Waals surface area contributed by atoms with Gasteiger partial charge in [0, 0.05) is 4.90 Å². The Bertz CT molecular complexity index is 354. The predicted molar refractivity (Wildman–Crippen MR) is 57.5 cm³/mol. The van der Waals surface area contributed by atoms with Gasteiger partial charge in [0.05, 0.1) is 0 Å². The van der Waals surface area contributed by atoms with Crippen LogP contribution in [0.5, 0.6) is 0 Å². The SMILES string of the molecule is CSc1ccc(F)cc1C(Cl)C(C)=O. The molecule has 1 unspecified atom stereocenters. The van der Waals surface area contributed by atoms with Gasteiger partial charge in [-0.25, -0.2) is 4.39 Å². The minimum absolute atomic E-state index is 0.174. The number of hydrogen-bond donors (Lipinski definition) is 0. The number of carbonyl (C=O) groups excluding carboxylic acids is 1. The first-order chi connectivity index (χ1) is 6.56. The van der Waals surface area contributed by atoms with Crippen LogP contribution < -0.4 is 0 Å². The Hall–Kier alpha value is -0.540. The Kier molecular flexibility index (Phi) is 3.96. The van der Waals surface area contributed by atoms with Crippen molar-refractivity contribution in [1.29, 1.82) is 0 Å². The van der Waals surface area contributed by atoms with Gasteiger partial charge in [-0.05, 0) is 36.9 Å². The minimum atomic E-state index is -0.756. The van der Waals surface area contributed by atoms with E-state index in [1.165, 1.54) is 30.8 Å². The molecule has 0 radical (unpaired) electrons. The van der Waals surface area contributed by atoms with Gasteiger partial charge in [-0.15, -0.1) is 23.4 Å². The Balaban J connectivity index is 3.16. The first-order valence-corrected chi connectivity index (χ1v) is 5.70. The molecule has 0 bridgehead atoms.